The van der Waals surface area contributed by atoms with E-state index in [4.69, 9.17) is 0 Å². The van der Waals surface area contributed by atoms with E-state index in [1.165, 1.54) is 7.11 Å². The lowest BCUT2D eigenvalue weighted by Crippen LogP contribution is -2.37. The van der Waals surface area contributed by atoms with Crippen LogP contribution in [0.15, 0.2) is 24.3 Å². The molecule has 1 aromatic carbocycles. The van der Waals surface area contributed by atoms with Crippen molar-refractivity contribution in [1.29, 1.82) is 0 Å². The van der Waals surface area contributed by atoms with Crippen molar-refractivity contribution < 1.29 is 19.4 Å². The molecule has 0 radical (unpaired) electrons. The zero-order valence-electron chi connectivity index (χ0n) is 11.2. The largest absolute Gasteiger partial charge is 0.467 e. The lowest BCUT2D eigenvalue weighted by molar-refractivity contribution is -0.149. The van der Waals surface area contributed by atoms with Crippen molar-refractivity contribution in [2.24, 2.45) is 0 Å². The standard InChI is InChI=1S/C13H18N2O4/c1-15(2)10-6-4-9(5-7-10)12(17)14-8-11(16)13(18)19-3/h4-7,11,16H,8H2,1-3H3,(H,14,17). The van der Waals surface area contributed by atoms with Gasteiger partial charge in [-0.25, -0.2) is 4.79 Å². The SMILES string of the molecule is COC(=O)C(O)CNC(=O)c1ccc(N(C)C)cc1. The highest BCUT2D eigenvalue weighted by atomic mass is 16.5. The number of carbonyl (C=O) groups excluding carboxylic acids is 2. The number of aliphatic hydroxyl groups excluding tert-OH is 1. The van der Waals surface area contributed by atoms with Crippen molar-refractivity contribution in [2.45, 2.75) is 6.10 Å². The van der Waals surface area contributed by atoms with E-state index < -0.39 is 12.1 Å². The van der Waals surface area contributed by atoms with Gasteiger partial charge in [-0.1, -0.05) is 0 Å². The van der Waals surface area contributed by atoms with Crippen LogP contribution < -0.4 is 10.2 Å². The van der Waals surface area contributed by atoms with Crippen molar-refractivity contribution in [2.75, 3.05) is 32.6 Å². The van der Waals surface area contributed by atoms with Crippen LogP contribution >= 0.6 is 0 Å². The van der Waals surface area contributed by atoms with Gasteiger partial charge in [-0.15, -0.1) is 0 Å². The first-order valence-electron chi connectivity index (χ1n) is 5.77. The maximum Gasteiger partial charge on any atom is 0.336 e. The zero-order chi connectivity index (χ0) is 14.4. The number of benzene rings is 1. The first-order valence-corrected chi connectivity index (χ1v) is 5.77. The van der Waals surface area contributed by atoms with Gasteiger partial charge < -0.3 is 20.1 Å². The van der Waals surface area contributed by atoms with E-state index in [9.17, 15) is 14.7 Å². The van der Waals surface area contributed by atoms with Gasteiger partial charge in [0.25, 0.3) is 5.91 Å². The normalized spacial score (nSPS) is 11.6. The topological polar surface area (TPSA) is 78.9 Å². The van der Waals surface area contributed by atoms with Crippen molar-refractivity contribution in [1.82, 2.24) is 5.32 Å². The Kier molecular flexibility index (Phi) is 5.32. The highest BCUT2D eigenvalue weighted by Gasteiger charge is 2.16. The Labute approximate surface area is 112 Å². The molecule has 6 nitrogen and oxygen atoms in total. The van der Waals surface area contributed by atoms with Gasteiger partial charge in [0.1, 0.15) is 0 Å². The molecule has 0 aliphatic rings. The first-order chi connectivity index (χ1) is 8.95. The molecule has 6 heteroatoms. The highest BCUT2D eigenvalue weighted by Crippen LogP contribution is 2.11. The van der Waals surface area contributed by atoms with Crippen molar-refractivity contribution in [3.8, 4) is 0 Å². The number of nitrogens with zero attached hydrogens (tertiary/aromatic N) is 1. The molecule has 1 aromatic rings. The van der Waals surface area contributed by atoms with Crippen LogP contribution in [0.25, 0.3) is 0 Å². The van der Waals surface area contributed by atoms with Crippen molar-refractivity contribution >= 4 is 17.6 Å². The molecule has 104 valence electrons. The van der Waals surface area contributed by atoms with E-state index in [1.54, 1.807) is 12.1 Å². The van der Waals surface area contributed by atoms with Gasteiger partial charge in [0.15, 0.2) is 6.10 Å². The number of esters is 1. The summed E-state index contributed by atoms with van der Waals surface area (Å²) >= 11 is 0. The van der Waals surface area contributed by atoms with Crippen LogP contribution in [0.1, 0.15) is 10.4 Å². The summed E-state index contributed by atoms with van der Waals surface area (Å²) in [6, 6.07) is 6.97. The Bertz CT molecular complexity index is 442. The molecule has 0 aliphatic carbocycles. The first kappa shape index (κ1) is 15.0. The fourth-order valence-corrected chi connectivity index (χ4v) is 1.42. The lowest BCUT2D eigenvalue weighted by atomic mass is 10.2. The summed E-state index contributed by atoms with van der Waals surface area (Å²) in [6.07, 6.45) is -1.35. The quantitative estimate of drug-likeness (QED) is 0.734. The van der Waals surface area contributed by atoms with Crippen LogP contribution in [0.5, 0.6) is 0 Å². The number of carbonyl (C=O) groups is 2. The number of ether oxygens (including phenoxy) is 1. The Hall–Kier alpha value is -2.08. The zero-order valence-corrected chi connectivity index (χ0v) is 11.2. The van der Waals surface area contributed by atoms with Crippen LogP contribution in [0.3, 0.4) is 0 Å². The Balaban J connectivity index is 2.56. The second-order valence-electron chi connectivity index (χ2n) is 4.19. The van der Waals surface area contributed by atoms with Crippen LogP contribution in [0, 0.1) is 0 Å². The smallest absolute Gasteiger partial charge is 0.336 e. The Morgan fingerprint density at radius 3 is 2.37 bits per heavy atom. The summed E-state index contributed by atoms with van der Waals surface area (Å²) in [5.74, 6) is -1.13. The van der Waals surface area contributed by atoms with Gasteiger partial charge in [-0.3, -0.25) is 4.79 Å². The fraction of sp³-hybridized carbons (Fsp3) is 0.385. The van der Waals surface area contributed by atoms with E-state index >= 15 is 0 Å². The average Bonchev–Trinajstić information content (AvgIpc) is 2.43. The second-order valence-corrected chi connectivity index (χ2v) is 4.19. The molecule has 1 unspecified atom stereocenters. The van der Waals surface area contributed by atoms with E-state index in [0.717, 1.165) is 5.69 Å². The Morgan fingerprint density at radius 2 is 1.89 bits per heavy atom. The monoisotopic (exact) mass is 266 g/mol. The molecule has 0 spiro atoms. The number of amides is 1. The van der Waals surface area contributed by atoms with E-state index in [0.29, 0.717) is 5.56 Å². The third-order valence-electron chi connectivity index (χ3n) is 2.58. The van der Waals surface area contributed by atoms with Crippen LogP contribution in [-0.4, -0.2) is 50.8 Å². The molecular weight excluding hydrogens is 248 g/mol. The molecule has 0 heterocycles. The van der Waals surface area contributed by atoms with Crippen molar-refractivity contribution in [3.63, 3.8) is 0 Å². The van der Waals surface area contributed by atoms with Crippen LogP contribution in [0.4, 0.5) is 5.69 Å². The van der Waals surface area contributed by atoms with E-state index in [1.807, 2.05) is 31.1 Å². The Morgan fingerprint density at radius 1 is 1.32 bits per heavy atom. The van der Waals surface area contributed by atoms with Gasteiger partial charge >= 0.3 is 5.97 Å². The fourth-order valence-electron chi connectivity index (χ4n) is 1.42. The summed E-state index contributed by atoms with van der Waals surface area (Å²) in [4.78, 5) is 24.6. The van der Waals surface area contributed by atoms with Gasteiger partial charge in [-0.2, -0.15) is 0 Å². The summed E-state index contributed by atoms with van der Waals surface area (Å²) in [5, 5.41) is 11.8. The molecule has 0 saturated heterocycles. The molecule has 0 fully saturated rings. The highest BCUT2D eigenvalue weighted by molar-refractivity contribution is 5.94. The van der Waals surface area contributed by atoms with Gasteiger partial charge in [0, 0.05) is 25.3 Å². The minimum absolute atomic E-state index is 0.180. The lowest BCUT2D eigenvalue weighted by Gasteiger charge is -2.13. The third kappa shape index (κ3) is 4.26. The van der Waals surface area contributed by atoms with E-state index in [-0.39, 0.29) is 12.5 Å². The number of methoxy groups -OCH3 is 1. The molecule has 0 aromatic heterocycles. The number of anilines is 1. The number of hydrogen-bond acceptors (Lipinski definition) is 5. The summed E-state index contributed by atoms with van der Waals surface area (Å²) < 4.78 is 4.35. The maximum atomic E-state index is 11.8. The average molecular weight is 266 g/mol. The molecule has 1 amide bonds. The molecule has 0 bridgehead atoms. The third-order valence-corrected chi connectivity index (χ3v) is 2.58. The number of hydrogen-bond donors (Lipinski definition) is 2. The molecule has 19 heavy (non-hydrogen) atoms. The number of aliphatic hydroxyl groups is 1. The number of nitrogens with one attached hydrogen (secondary N) is 1. The molecule has 1 rings (SSSR count). The second kappa shape index (κ2) is 6.75. The number of rotatable bonds is 5. The summed E-state index contributed by atoms with van der Waals surface area (Å²) in [7, 11) is 4.98. The van der Waals surface area contributed by atoms with Gasteiger partial charge in [0.2, 0.25) is 0 Å². The molecular formula is C13H18N2O4. The molecule has 0 saturated carbocycles. The predicted molar refractivity (Wildman–Crippen MR) is 71.1 cm³/mol. The summed E-state index contributed by atoms with van der Waals surface area (Å²) in [5.41, 5.74) is 1.44. The molecule has 1 atom stereocenters. The minimum Gasteiger partial charge on any atom is -0.467 e. The maximum absolute atomic E-state index is 11.8. The predicted octanol–water partition coefficient (Wildman–Crippen LogP) is 0.0163. The summed E-state index contributed by atoms with van der Waals surface area (Å²) in [6.45, 7) is -0.180. The van der Waals surface area contributed by atoms with Crippen LogP contribution in [-0.2, 0) is 9.53 Å². The van der Waals surface area contributed by atoms with Gasteiger partial charge in [-0.05, 0) is 24.3 Å². The van der Waals surface area contributed by atoms with Crippen LogP contribution in [0.2, 0.25) is 0 Å². The molecule has 2 N–H and O–H groups in total. The van der Waals surface area contributed by atoms with E-state index in [2.05, 4.69) is 10.1 Å². The molecule has 0 aliphatic heterocycles. The van der Waals surface area contributed by atoms with Gasteiger partial charge in [0.05, 0.1) is 13.7 Å². The minimum atomic E-state index is -1.35. The van der Waals surface area contributed by atoms with Crippen molar-refractivity contribution in [3.05, 3.63) is 29.8 Å².